The summed E-state index contributed by atoms with van der Waals surface area (Å²) in [6, 6.07) is 7.96. The van der Waals surface area contributed by atoms with E-state index in [1.54, 1.807) is 31.2 Å². The Labute approximate surface area is 145 Å². The van der Waals surface area contributed by atoms with Crippen molar-refractivity contribution in [2.45, 2.75) is 6.92 Å². The number of aliphatic imine (C=N–C) groups is 1. The molecule has 1 aromatic heterocycles. The van der Waals surface area contributed by atoms with Crippen LogP contribution in [-0.4, -0.2) is 49.3 Å². The highest BCUT2D eigenvalue weighted by atomic mass is 16.4. The molecule has 0 unspecified atom stereocenters. The van der Waals surface area contributed by atoms with Gasteiger partial charge in [0.05, 0.1) is 5.69 Å². The van der Waals surface area contributed by atoms with Crippen LogP contribution in [0.3, 0.4) is 0 Å². The zero-order chi connectivity index (χ0) is 18.4. The van der Waals surface area contributed by atoms with Gasteiger partial charge in [-0.1, -0.05) is 0 Å². The smallest absolute Gasteiger partial charge is 0.348 e. The lowest BCUT2D eigenvalue weighted by atomic mass is 10.2. The molecule has 132 valence electrons. The van der Waals surface area contributed by atoms with Gasteiger partial charge in [-0.05, 0) is 45.3 Å². The van der Waals surface area contributed by atoms with Crippen LogP contribution in [0.15, 0.2) is 44.5 Å². The first-order valence-electron chi connectivity index (χ1n) is 7.77. The predicted octanol–water partition coefficient (Wildman–Crippen LogP) is 1.70. The first kappa shape index (κ1) is 18.4. The minimum atomic E-state index is -0.654. The number of carbonyl (C=O) groups excluding carboxylic acids is 1. The van der Waals surface area contributed by atoms with Crippen molar-refractivity contribution in [1.82, 2.24) is 10.2 Å². The maximum Gasteiger partial charge on any atom is 0.348 e. The Balaban J connectivity index is 2.05. The third-order valence-electron chi connectivity index (χ3n) is 3.41. The zero-order valence-corrected chi connectivity index (χ0v) is 14.4. The highest BCUT2D eigenvalue weighted by Crippen LogP contribution is 2.16. The highest BCUT2D eigenvalue weighted by molar-refractivity contribution is 5.94. The lowest BCUT2D eigenvalue weighted by Gasteiger charge is -2.10. The minimum Gasteiger partial charge on any atom is -0.507 e. The number of nitrogens with one attached hydrogen (secondary N) is 1. The molecule has 25 heavy (non-hydrogen) atoms. The van der Waals surface area contributed by atoms with Crippen LogP contribution in [0.25, 0.3) is 0 Å². The van der Waals surface area contributed by atoms with E-state index in [1.807, 2.05) is 19.0 Å². The normalized spacial score (nSPS) is 11.2. The zero-order valence-electron chi connectivity index (χ0n) is 14.4. The van der Waals surface area contributed by atoms with Crippen LogP contribution in [0.4, 0.5) is 5.69 Å². The Morgan fingerprint density at radius 3 is 2.60 bits per heavy atom. The van der Waals surface area contributed by atoms with Gasteiger partial charge in [-0.25, -0.2) is 4.79 Å². The number of benzene rings is 1. The molecule has 0 aliphatic rings. The highest BCUT2D eigenvalue weighted by Gasteiger charge is 2.07. The molecule has 1 aromatic carbocycles. The maximum atomic E-state index is 12.0. The van der Waals surface area contributed by atoms with Crippen molar-refractivity contribution in [3.63, 3.8) is 0 Å². The average molecular weight is 343 g/mol. The van der Waals surface area contributed by atoms with Crippen LogP contribution in [-0.2, 0) is 0 Å². The van der Waals surface area contributed by atoms with Gasteiger partial charge in [0.25, 0.3) is 5.91 Å². The third-order valence-corrected chi connectivity index (χ3v) is 3.41. The molecular weight excluding hydrogens is 322 g/mol. The number of nitrogens with zero attached hydrogens (tertiary/aromatic N) is 2. The van der Waals surface area contributed by atoms with Gasteiger partial charge in [0.15, 0.2) is 0 Å². The number of hydrogen-bond donors (Lipinski definition) is 2. The SMILES string of the molecule is Cc1cc(O)c(C=Nc2ccc(C(=O)NCCN(C)C)cc2)c(=O)o1. The molecule has 1 heterocycles. The molecule has 2 aromatic rings. The summed E-state index contributed by atoms with van der Waals surface area (Å²) in [7, 11) is 3.87. The summed E-state index contributed by atoms with van der Waals surface area (Å²) >= 11 is 0. The van der Waals surface area contributed by atoms with Crippen molar-refractivity contribution in [1.29, 1.82) is 0 Å². The van der Waals surface area contributed by atoms with Crippen molar-refractivity contribution < 1.29 is 14.3 Å². The minimum absolute atomic E-state index is 0.0175. The van der Waals surface area contributed by atoms with E-state index in [0.717, 1.165) is 6.54 Å². The van der Waals surface area contributed by atoms with Gasteiger partial charge in [0, 0.05) is 30.9 Å². The van der Waals surface area contributed by atoms with Crippen LogP contribution in [0.5, 0.6) is 5.75 Å². The van der Waals surface area contributed by atoms with Gasteiger partial charge in [-0.3, -0.25) is 9.79 Å². The van der Waals surface area contributed by atoms with Gasteiger partial charge < -0.3 is 19.7 Å². The summed E-state index contributed by atoms with van der Waals surface area (Å²) < 4.78 is 4.92. The van der Waals surface area contributed by atoms with E-state index in [9.17, 15) is 14.7 Å². The van der Waals surface area contributed by atoms with Crippen LogP contribution < -0.4 is 10.9 Å². The monoisotopic (exact) mass is 343 g/mol. The molecule has 0 saturated carbocycles. The van der Waals surface area contributed by atoms with Gasteiger partial charge in [-0.2, -0.15) is 0 Å². The molecule has 2 rings (SSSR count). The fraction of sp³-hybridized carbons (Fsp3) is 0.278. The van der Waals surface area contributed by atoms with Crippen LogP contribution in [0, 0.1) is 6.92 Å². The van der Waals surface area contributed by atoms with Gasteiger partial charge in [0.2, 0.25) is 0 Å². The Morgan fingerprint density at radius 1 is 1.32 bits per heavy atom. The van der Waals surface area contributed by atoms with Crippen molar-refractivity contribution in [3.8, 4) is 5.75 Å². The number of aryl methyl sites for hydroxylation is 1. The average Bonchev–Trinajstić information content (AvgIpc) is 2.54. The lowest BCUT2D eigenvalue weighted by Crippen LogP contribution is -2.31. The van der Waals surface area contributed by atoms with Gasteiger partial charge >= 0.3 is 5.63 Å². The van der Waals surface area contributed by atoms with Crippen molar-refractivity contribution >= 4 is 17.8 Å². The summed E-state index contributed by atoms with van der Waals surface area (Å²) in [5, 5.41) is 12.6. The largest absolute Gasteiger partial charge is 0.507 e. The fourth-order valence-corrected chi connectivity index (χ4v) is 2.06. The van der Waals surface area contributed by atoms with E-state index in [4.69, 9.17) is 4.42 Å². The number of amides is 1. The summed E-state index contributed by atoms with van der Waals surface area (Å²) in [6.45, 7) is 2.90. The summed E-state index contributed by atoms with van der Waals surface area (Å²) in [6.07, 6.45) is 1.24. The van der Waals surface area contributed by atoms with E-state index in [1.165, 1.54) is 12.3 Å². The standard InChI is InChI=1S/C18H21N3O4/c1-12-10-16(22)15(18(24)25-12)11-20-14-6-4-13(5-7-14)17(23)19-8-9-21(2)3/h4-7,10-11,22H,8-9H2,1-3H3,(H,19,23). The molecule has 0 aliphatic carbocycles. The molecule has 0 aliphatic heterocycles. The Hall–Kier alpha value is -2.93. The summed E-state index contributed by atoms with van der Waals surface area (Å²) in [5.41, 5.74) is 0.397. The Morgan fingerprint density at radius 2 is 2.00 bits per heavy atom. The first-order valence-corrected chi connectivity index (χ1v) is 7.77. The van der Waals surface area contributed by atoms with E-state index >= 15 is 0 Å². The van der Waals surface area contributed by atoms with Crippen LogP contribution in [0.2, 0.25) is 0 Å². The van der Waals surface area contributed by atoms with E-state index in [0.29, 0.717) is 23.6 Å². The topological polar surface area (TPSA) is 95.1 Å². The second-order valence-electron chi connectivity index (χ2n) is 5.81. The number of carbonyl (C=O) groups is 1. The predicted molar refractivity (Wildman–Crippen MR) is 96.0 cm³/mol. The molecule has 0 bridgehead atoms. The molecule has 7 nitrogen and oxygen atoms in total. The van der Waals surface area contributed by atoms with E-state index < -0.39 is 5.63 Å². The van der Waals surface area contributed by atoms with E-state index in [-0.39, 0.29) is 17.2 Å². The number of hydrogen-bond acceptors (Lipinski definition) is 6. The number of likely N-dealkylation sites (N-methyl/N-ethyl adjacent to an activating group) is 1. The molecule has 0 spiro atoms. The molecule has 0 radical (unpaired) electrons. The Kier molecular flexibility index (Phi) is 6.08. The lowest BCUT2D eigenvalue weighted by molar-refractivity contribution is 0.0951. The fourth-order valence-electron chi connectivity index (χ4n) is 2.06. The van der Waals surface area contributed by atoms with Gasteiger partial charge in [-0.15, -0.1) is 0 Å². The third kappa shape index (κ3) is 5.29. The Bertz CT molecular complexity index is 823. The van der Waals surface area contributed by atoms with Crippen LogP contribution >= 0.6 is 0 Å². The number of aromatic hydroxyl groups is 1. The molecule has 2 N–H and O–H groups in total. The molecular formula is C18H21N3O4. The van der Waals surface area contributed by atoms with E-state index in [2.05, 4.69) is 10.3 Å². The molecule has 0 fully saturated rings. The van der Waals surface area contributed by atoms with Crippen molar-refractivity contribution in [3.05, 3.63) is 57.6 Å². The number of rotatable bonds is 6. The summed E-state index contributed by atoms with van der Waals surface area (Å²) in [4.78, 5) is 29.8. The molecule has 0 atom stereocenters. The molecule has 0 saturated heterocycles. The quantitative estimate of drug-likeness (QED) is 0.779. The second-order valence-corrected chi connectivity index (χ2v) is 5.81. The van der Waals surface area contributed by atoms with Crippen LogP contribution in [0.1, 0.15) is 21.7 Å². The van der Waals surface area contributed by atoms with Crippen molar-refractivity contribution in [2.75, 3.05) is 27.2 Å². The molecule has 1 amide bonds. The maximum absolute atomic E-state index is 12.0. The molecule has 7 heteroatoms. The first-order chi connectivity index (χ1) is 11.9. The van der Waals surface area contributed by atoms with Crippen molar-refractivity contribution in [2.24, 2.45) is 4.99 Å². The second kappa shape index (κ2) is 8.25. The van der Waals surface area contributed by atoms with Gasteiger partial charge in [0.1, 0.15) is 17.1 Å². The summed E-state index contributed by atoms with van der Waals surface area (Å²) in [5.74, 6) is -0.0205.